The van der Waals surface area contributed by atoms with Crippen molar-refractivity contribution >= 4 is 11.8 Å². The molecule has 0 radical (unpaired) electrons. The molecule has 5 heteroatoms. The maximum absolute atomic E-state index is 12.9. The Kier molecular flexibility index (Phi) is 6.74. The smallest absolute Gasteiger partial charge is 0.223 e. The quantitative estimate of drug-likeness (QED) is 0.766. The zero-order valence-electron chi connectivity index (χ0n) is 15.9. The number of carbonyl (C=O) groups is 2. The van der Waals surface area contributed by atoms with Gasteiger partial charge in [-0.3, -0.25) is 9.59 Å². The van der Waals surface area contributed by atoms with Crippen molar-refractivity contribution in [2.24, 2.45) is 5.92 Å². The third kappa shape index (κ3) is 5.19. The molecule has 3 aliphatic rings. The molecule has 0 N–H and O–H groups in total. The van der Waals surface area contributed by atoms with Crippen molar-refractivity contribution < 1.29 is 9.59 Å². The Labute approximate surface area is 152 Å². The summed E-state index contributed by atoms with van der Waals surface area (Å²) in [5.41, 5.74) is 0. The van der Waals surface area contributed by atoms with E-state index in [4.69, 9.17) is 0 Å². The zero-order valence-corrected chi connectivity index (χ0v) is 15.9. The van der Waals surface area contributed by atoms with Crippen LogP contribution < -0.4 is 0 Å². The molecule has 0 saturated carbocycles. The van der Waals surface area contributed by atoms with Gasteiger partial charge in [-0.1, -0.05) is 0 Å². The van der Waals surface area contributed by atoms with Gasteiger partial charge in [0.15, 0.2) is 0 Å². The molecular formula is C20H35N3O2. The fourth-order valence-corrected chi connectivity index (χ4v) is 4.78. The summed E-state index contributed by atoms with van der Waals surface area (Å²) in [5.74, 6) is 0.999. The first kappa shape index (κ1) is 18.7. The van der Waals surface area contributed by atoms with Crippen molar-refractivity contribution in [2.75, 3.05) is 39.3 Å². The van der Waals surface area contributed by atoms with Crippen LogP contribution in [0.3, 0.4) is 0 Å². The second-order valence-corrected chi connectivity index (χ2v) is 8.23. The molecule has 2 amide bonds. The van der Waals surface area contributed by atoms with Crippen LogP contribution in [0.5, 0.6) is 0 Å². The summed E-state index contributed by atoms with van der Waals surface area (Å²) in [6.07, 6.45) is 10.1. The molecule has 0 unspecified atom stereocenters. The number of rotatable bonds is 5. The highest BCUT2D eigenvalue weighted by atomic mass is 16.2. The Morgan fingerprint density at radius 3 is 2.24 bits per heavy atom. The SMILES string of the molecule is CC(=O)N1CCC(CC(=O)N2CCCC[C@H]2CCN2CCCC2)CC1. The lowest BCUT2D eigenvalue weighted by Crippen LogP contribution is -2.46. The lowest BCUT2D eigenvalue weighted by Gasteiger charge is -2.38. The van der Waals surface area contributed by atoms with E-state index < -0.39 is 0 Å². The lowest BCUT2D eigenvalue weighted by atomic mass is 9.91. The van der Waals surface area contributed by atoms with Crippen LogP contribution in [0.4, 0.5) is 0 Å². The summed E-state index contributed by atoms with van der Waals surface area (Å²) < 4.78 is 0. The number of likely N-dealkylation sites (tertiary alicyclic amines) is 3. The second kappa shape index (κ2) is 9.02. The molecule has 3 fully saturated rings. The third-order valence-corrected chi connectivity index (χ3v) is 6.45. The first-order valence-electron chi connectivity index (χ1n) is 10.4. The highest BCUT2D eigenvalue weighted by Crippen LogP contribution is 2.26. The minimum atomic E-state index is 0.169. The molecule has 1 atom stereocenters. The van der Waals surface area contributed by atoms with Crippen LogP contribution in [0, 0.1) is 5.92 Å². The van der Waals surface area contributed by atoms with Gasteiger partial charge in [-0.05, 0) is 70.4 Å². The van der Waals surface area contributed by atoms with Crippen molar-refractivity contribution in [3.63, 3.8) is 0 Å². The molecule has 0 bridgehead atoms. The Balaban J connectivity index is 1.46. The van der Waals surface area contributed by atoms with Crippen molar-refractivity contribution in [3.05, 3.63) is 0 Å². The van der Waals surface area contributed by atoms with Gasteiger partial charge in [0, 0.05) is 45.6 Å². The average Bonchev–Trinajstić information content (AvgIpc) is 3.14. The second-order valence-electron chi connectivity index (χ2n) is 8.23. The van der Waals surface area contributed by atoms with Gasteiger partial charge in [0.25, 0.3) is 0 Å². The number of carbonyl (C=O) groups excluding carboxylic acids is 2. The van der Waals surface area contributed by atoms with E-state index in [0.29, 0.717) is 24.3 Å². The van der Waals surface area contributed by atoms with Crippen LogP contribution in [0.1, 0.15) is 64.7 Å². The van der Waals surface area contributed by atoms with Crippen LogP contribution in [0.15, 0.2) is 0 Å². The van der Waals surface area contributed by atoms with Gasteiger partial charge in [-0.2, -0.15) is 0 Å². The summed E-state index contributed by atoms with van der Waals surface area (Å²) >= 11 is 0. The highest BCUT2D eigenvalue weighted by Gasteiger charge is 2.30. The third-order valence-electron chi connectivity index (χ3n) is 6.45. The normalized spacial score (nSPS) is 26.2. The largest absolute Gasteiger partial charge is 0.343 e. The first-order valence-corrected chi connectivity index (χ1v) is 10.4. The van der Waals surface area contributed by atoms with Crippen molar-refractivity contribution in [1.82, 2.24) is 14.7 Å². The Morgan fingerprint density at radius 1 is 0.880 bits per heavy atom. The number of amides is 2. The van der Waals surface area contributed by atoms with Gasteiger partial charge in [-0.15, -0.1) is 0 Å². The maximum atomic E-state index is 12.9. The van der Waals surface area contributed by atoms with E-state index in [0.717, 1.165) is 51.9 Å². The summed E-state index contributed by atoms with van der Waals surface area (Å²) in [7, 11) is 0. The predicted molar refractivity (Wildman–Crippen MR) is 99.2 cm³/mol. The van der Waals surface area contributed by atoms with E-state index in [1.807, 2.05) is 4.90 Å². The van der Waals surface area contributed by atoms with Crippen LogP contribution >= 0.6 is 0 Å². The molecule has 3 heterocycles. The molecule has 5 nitrogen and oxygen atoms in total. The molecule has 0 aliphatic carbocycles. The molecule has 3 aliphatic heterocycles. The Bertz CT molecular complexity index is 454. The van der Waals surface area contributed by atoms with Crippen molar-refractivity contribution in [3.8, 4) is 0 Å². The monoisotopic (exact) mass is 349 g/mol. The number of hydrogen-bond donors (Lipinski definition) is 0. The first-order chi connectivity index (χ1) is 12.1. The Hall–Kier alpha value is -1.10. The Morgan fingerprint density at radius 2 is 1.56 bits per heavy atom. The van der Waals surface area contributed by atoms with E-state index in [9.17, 15) is 9.59 Å². The number of nitrogens with zero attached hydrogens (tertiary/aromatic N) is 3. The van der Waals surface area contributed by atoms with Gasteiger partial charge in [0.2, 0.25) is 11.8 Å². The molecule has 142 valence electrons. The summed E-state index contributed by atoms with van der Waals surface area (Å²) in [6, 6.07) is 0.458. The van der Waals surface area contributed by atoms with Crippen LogP contribution in [0.25, 0.3) is 0 Å². The minimum Gasteiger partial charge on any atom is -0.343 e. The molecule has 25 heavy (non-hydrogen) atoms. The van der Waals surface area contributed by atoms with E-state index in [1.54, 1.807) is 6.92 Å². The maximum Gasteiger partial charge on any atom is 0.223 e. The highest BCUT2D eigenvalue weighted by molar-refractivity contribution is 5.77. The summed E-state index contributed by atoms with van der Waals surface area (Å²) in [5, 5.41) is 0. The van der Waals surface area contributed by atoms with E-state index in [-0.39, 0.29) is 5.91 Å². The summed E-state index contributed by atoms with van der Waals surface area (Å²) in [4.78, 5) is 31.1. The van der Waals surface area contributed by atoms with Crippen LogP contribution in [-0.2, 0) is 9.59 Å². The van der Waals surface area contributed by atoms with E-state index in [2.05, 4.69) is 9.80 Å². The van der Waals surface area contributed by atoms with Crippen molar-refractivity contribution in [2.45, 2.75) is 70.8 Å². The van der Waals surface area contributed by atoms with E-state index in [1.165, 1.54) is 38.8 Å². The standard InChI is InChI=1S/C20H35N3O2/c1-17(24)22-14-7-18(8-15-22)16-20(25)23-12-3-2-6-19(23)9-13-21-10-4-5-11-21/h18-19H,2-16H2,1H3/t19-/m0/s1. The fourth-order valence-electron chi connectivity index (χ4n) is 4.78. The number of hydrogen-bond acceptors (Lipinski definition) is 3. The molecule has 3 saturated heterocycles. The van der Waals surface area contributed by atoms with Gasteiger partial charge >= 0.3 is 0 Å². The molecule has 0 aromatic carbocycles. The lowest BCUT2D eigenvalue weighted by molar-refractivity contribution is -0.136. The van der Waals surface area contributed by atoms with Crippen molar-refractivity contribution in [1.29, 1.82) is 0 Å². The summed E-state index contributed by atoms with van der Waals surface area (Å²) in [6.45, 7) is 7.90. The van der Waals surface area contributed by atoms with Gasteiger partial charge in [0.1, 0.15) is 0 Å². The van der Waals surface area contributed by atoms with E-state index >= 15 is 0 Å². The molecule has 3 rings (SSSR count). The van der Waals surface area contributed by atoms with Gasteiger partial charge in [0.05, 0.1) is 0 Å². The number of piperidine rings is 2. The zero-order chi connectivity index (χ0) is 17.6. The van der Waals surface area contributed by atoms with Crippen LogP contribution in [0.2, 0.25) is 0 Å². The van der Waals surface area contributed by atoms with Gasteiger partial charge < -0.3 is 14.7 Å². The molecule has 0 spiro atoms. The predicted octanol–water partition coefficient (Wildman–Crippen LogP) is 2.50. The molecule has 0 aromatic rings. The topological polar surface area (TPSA) is 43.9 Å². The van der Waals surface area contributed by atoms with Crippen LogP contribution in [-0.4, -0.2) is 71.8 Å². The average molecular weight is 350 g/mol. The fraction of sp³-hybridized carbons (Fsp3) is 0.900. The molecular weight excluding hydrogens is 314 g/mol. The van der Waals surface area contributed by atoms with Gasteiger partial charge in [-0.25, -0.2) is 0 Å². The minimum absolute atomic E-state index is 0.169. The molecule has 0 aromatic heterocycles.